The van der Waals surface area contributed by atoms with Gasteiger partial charge in [-0.15, -0.1) is 0 Å². The van der Waals surface area contributed by atoms with Crippen LogP contribution in [0.25, 0.3) is 0 Å². The topological polar surface area (TPSA) is 66.4 Å². The quantitative estimate of drug-likeness (QED) is 0.810. The Kier molecular flexibility index (Phi) is 6.02. The summed E-state index contributed by atoms with van der Waals surface area (Å²) in [5.74, 6) is -1.20. The molecule has 2 N–H and O–H groups in total. The standard InChI is InChI=1S/C14H17BrClNO3/c1-3-14(4-2,13(19)20)8-17-12(18)9-5-6-11(16)10(15)7-9/h5-7H,3-4,8H2,1-2H3,(H,17,18)(H,19,20). The van der Waals surface area contributed by atoms with Gasteiger partial charge in [0.05, 0.1) is 10.4 Å². The fourth-order valence-electron chi connectivity index (χ4n) is 1.87. The first-order valence-corrected chi connectivity index (χ1v) is 7.50. The van der Waals surface area contributed by atoms with E-state index in [-0.39, 0.29) is 12.5 Å². The van der Waals surface area contributed by atoms with Crippen molar-refractivity contribution in [3.8, 4) is 0 Å². The highest BCUT2D eigenvalue weighted by Gasteiger charge is 2.35. The summed E-state index contributed by atoms with van der Waals surface area (Å²) >= 11 is 9.11. The molecule has 0 saturated carbocycles. The Bertz CT molecular complexity index is 515. The van der Waals surface area contributed by atoms with Crippen LogP contribution in [-0.4, -0.2) is 23.5 Å². The van der Waals surface area contributed by atoms with Gasteiger partial charge in [-0.3, -0.25) is 9.59 Å². The molecule has 0 heterocycles. The van der Waals surface area contributed by atoms with E-state index in [4.69, 9.17) is 11.6 Å². The summed E-state index contributed by atoms with van der Waals surface area (Å²) in [7, 11) is 0. The summed E-state index contributed by atoms with van der Waals surface area (Å²) in [5.41, 5.74) is -0.480. The number of carboxylic acid groups (broad SMARTS) is 1. The molecule has 0 spiro atoms. The molecule has 0 fully saturated rings. The molecule has 1 amide bonds. The number of carbonyl (C=O) groups excluding carboxylic acids is 1. The molecular formula is C14H17BrClNO3. The van der Waals surface area contributed by atoms with Crippen molar-refractivity contribution in [2.24, 2.45) is 5.41 Å². The largest absolute Gasteiger partial charge is 0.481 e. The third-order valence-corrected chi connectivity index (χ3v) is 4.79. The molecule has 0 aliphatic rings. The highest BCUT2D eigenvalue weighted by Crippen LogP contribution is 2.26. The molecule has 0 saturated heterocycles. The molecule has 6 heteroatoms. The molecular weight excluding hydrogens is 346 g/mol. The molecule has 0 atom stereocenters. The van der Waals surface area contributed by atoms with Crippen molar-refractivity contribution in [3.63, 3.8) is 0 Å². The Morgan fingerprint density at radius 1 is 1.35 bits per heavy atom. The maximum atomic E-state index is 12.0. The number of rotatable bonds is 6. The number of halogens is 2. The Morgan fingerprint density at radius 3 is 2.40 bits per heavy atom. The monoisotopic (exact) mass is 361 g/mol. The van der Waals surface area contributed by atoms with E-state index in [1.54, 1.807) is 18.2 Å². The van der Waals surface area contributed by atoms with Gasteiger partial charge in [0.25, 0.3) is 5.91 Å². The number of carbonyl (C=O) groups is 2. The van der Waals surface area contributed by atoms with Crippen molar-refractivity contribution in [2.75, 3.05) is 6.54 Å². The van der Waals surface area contributed by atoms with Crippen LogP contribution in [0.3, 0.4) is 0 Å². The Labute approximate surface area is 131 Å². The van der Waals surface area contributed by atoms with Gasteiger partial charge in [-0.25, -0.2) is 0 Å². The molecule has 1 rings (SSSR count). The van der Waals surface area contributed by atoms with Crippen LogP contribution in [0.15, 0.2) is 22.7 Å². The van der Waals surface area contributed by atoms with Gasteiger partial charge in [-0.05, 0) is 47.0 Å². The number of carboxylic acids is 1. The van der Waals surface area contributed by atoms with Gasteiger partial charge in [0, 0.05) is 16.6 Å². The van der Waals surface area contributed by atoms with Gasteiger partial charge < -0.3 is 10.4 Å². The molecule has 0 aromatic heterocycles. The number of hydrogen-bond donors (Lipinski definition) is 2. The first kappa shape index (κ1) is 17.0. The Balaban J connectivity index is 2.80. The van der Waals surface area contributed by atoms with Crippen LogP contribution in [0.5, 0.6) is 0 Å². The lowest BCUT2D eigenvalue weighted by Gasteiger charge is -2.26. The molecule has 110 valence electrons. The SMILES string of the molecule is CCC(CC)(CNC(=O)c1ccc(Cl)c(Br)c1)C(=O)O. The lowest BCUT2D eigenvalue weighted by molar-refractivity contribution is -0.149. The zero-order valence-corrected chi connectivity index (χ0v) is 13.7. The molecule has 0 aliphatic carbocycles. The summed E-state index contributed by atoms with van der Waals surface area (Å²) < 4.78 is 0.627. The summed E-state index contributed by atoms with van der Waals surface area (Å²) in [6.45, 7) is 3.72. The number of aliphatic carboxylic acids is 1. The van der Waals surface area contributed by atoms with Crippen LogP contribution in [0, 0.1) is 5.41 Å². The molecule has 4 nitrogen and oxygen atoms in total. The van der Waals surface area contributed by atoms with E-state index >= 15 is 0 Å². The smallest absolute Gasteiger partial charge is 0.311 e. The van der Waals surface area contributed by atoms with Crippen molar-refractivity contribution in [3.05, 3.63) is 33.3 Å². The molecule has 0 unspecified atom stereocenters. The predicted octanol–water partition coefficient (Wildman–Crippen LogP) is 3.72. The second-order valence-corrected chi connectivity index (χ2v) is 5.87. The van der Waals surface area contributed by atoms with Gasteiger partial charge in [0.15, 0.2) is 0 Å². The van der Waals surface area contributed by atoms with E-state index in [9.17, 15) is 14.7 Å². The molecule has 1 aromatic carbocycles. The minimum absolute atomic E-state index is 0.106. The average molecular weight is 363 g/mol. The number of hydrogen-bond acceptors (Lipinski definition) is 2. The van der Waals surface area contributed by atoms with Gasteiger partial charge in [-0.2, -0.15) is 0 Å². The number of nitrogens with one attached hydrogen (secondary N) is 1. The predicted molar refractivity (Wildman–Crippen MR) is 82.1 cm³/mol. The molecule has 1 aromatic rings. The zero-order valence-electron chi connectivity index (χ0n) is 11.4. The fourth-order valence-corrected chi connectivity index (χ4v) is 2.36. The second-order valence-electron chi connectivity index (χ2n) is 4.60. The maximum absolute atomic E-state index is 12.0. The van der Waals surface area contributed by atoms with E-state index in [0.29, 0.717) is 27.9 Å². The van der Waals surface area contributed by atoms with Crippen LogP contribution in [-0.2, 0) is 4.79 Å². The van der Waals surface area contributed by atoms with E-state index < -0.39 is 11.4 Å². The summed E-state index contributed by atoms with van der Waals surface area (Å²) in [6.07, 6.45) is 0.923. The molecule has 0 aliphatic heterocycles. The van der Waals surface area contributed by atoms with E-state index in [1.807, 2.05) is 13.8 Å². The normalized spacial score (nSPS) is 11.2. The van der Waals surface area contributed by atoms with Crippen molar-refractivity contribution < 1.29 is 14.7 Å². The van der Waals surface area contributed by atoms with Crippen molar-refractivity contribution in [1.29, 1.82) is 0 Å². The van der Waals surface area contributed by atoms with Crippen molar-refractivity contribution in [1.82, 2.24) is 5.32 Å². The highest BCUT2D eigenvalue weighted by molar-refractivity contribution is 9.10. The molecule has 20 heavy (non-hydrogen) atoms. The lowest BCUT2D eigenvalue weighted by atomic mass is 9.82. The van der Waals surface area contributed by atoms with Crippen molar-refractivity contribution >= 4 is 39.4 Å². The van der Waals surface area contributed by atoms with E-state index in [1.165, 1.54) is 0 Å². The number of amides is 1. The summed E-state index contributed by atoms with van der Waals surface area (Å²) in [4.78, 5) is 23.4. The van der Waals surface area contributed by atoms with Crippen LogP contribution < -0.4 is 5.32 Å². The van der Waals surface area contributed by atoms with Gasteiger partial charge in [0.2, 0.25) is 0 Å². The van der Waals surface area contributed by atoms with Crippen LogP contribution in [0.4, 0.5) is 0 Å². The maximum Gasteiger partial charge on any atom is 0.311 e. The van der Waals surface area contributed by atoms with E-state index in [0.717, 1.165) is 0 Å². The zero-order chi connectivity index (χ0) is 15.3. The second kappa shape index (κ2) is 7.09. The van der Waals surface area contributed by atoms with Gasteiger partial charge >= 0.3 is 5.97 Å². The molecule has 0 bridgehead atoms. The highest BCUT2D eigenvalue weighted by atomic mass is 79.9. The van der Waals surface area contributed by atoms with Crippen LogP contribution in [0.1, 0.15) is 37.0 Å². The third kappa shape index (κ3) is 3.73. The minimum Gasteiger partial charge on any atom is -0.481 e. The first-order valence-electron chi connectivity index (χ1n) is 6.33. The third-order valence-electron chi connectivity index (χ3n) is 3.58. The fraction of sp³-hybridized carbons (Fsp3) is 0.429. The van der Waals surface area contributed by atoms with Crippen LogP contribution >= 0.6 is 27.5 Å². The first-order chi connectivity index (χ1) is 9.36. The summed E-state index contributed by atoms with van der Waals surface area (Å²) in [5, 5.41) is 12.5. The van der Waals surface area contributed by atoms with Crippen LogP contribution in [0.2, 0.25) is 5.02 Å². The van der Waals surface area contributed by atoms with Gasteiger partial charge in [-0.1, -0.05) is 25.4 Å². The molecule has 0 radical (unpaired) electrons. The lowest BCUT2D eigenvalue weighted by Crippen LogP contribution is -2.42. The Morgan fingerprint density at radius 2 is 1.95 bits per heavy atom. The minimum atomic E-state index is -0.917. The number of benzene rings is 1. The van der Waals surface area contributed by atoms with Gasteiger partial charge in [0.1, 0.15) is 0 Å². The Hall–Kier alpha value is -1.07. The van der Waals surface area contributed by atoms with E-state index in [2.05, 4.69) is 21.2 Å². The summed E-state index contributed by atoms with van der Waals surface area (Å²) in [6, 6.07) is 4.82. The average Bonchev–Trinajstić information content (AvgIpc) is 2.43. The van der Waals surface area contributed by atoms with Crippen molar-refractivity contribution in [2.45, 2.75) is 26.7 Å².